The molecule has 1 aliphatic rings. The standard InChI is InChI=1S/C26H25F3N6O/c1-16-14-32-25(33-16)18-9-11-34(12-10-18)22-8-7-19(15-31-22)35-21(17-5-3-2-4-6-17)13-20(24(30)36)23(35)26(27,28)29/h2-8,13-15,18H,9-12H2,1H3,(H2,30,36)(H,32,33). The number of pyridine rings is 1. The number of nitrogens with two attached hydrogens (primary N) is 1. The van der Waals surface area contributed by atoms with Gasteiger partial charge in [-0.3, -0.25) is 4.79 Å². The molecule has 0 atom stereocenters. The molecule has 10 heteroatoms. The largest absolute Gasteiger partial charge is 0.432 e. The first-order valence-electron chi connectivity index (χ1n) is 11.6. The second-order valence-corrected chi connectivity index (χ2v) is 8.94. The molecule has 0 aliphatic carbocycles. The highest BCUT2D eigenvalue weighted by molar-refractivity contribution is 5.96. The van der Waals surface area contributed by atoms with Crippen LogP contribution in [0.1, 0.15) is 46.3 Å². The maximum atomic E-state index is 14.2. The number of benzene rings is 1. The number of anilines is 1. The molecule has 1 aromatic carbocycles. The van der Waals surface area contributed by atoms with E-state index in [1.807, 2.05) is 13.1 Å². The van der Waals surface area contributed by atoms with Gasteiger partial charge in [0.15, 0.2) is 0 Å². The molecular formula is C26H25F3N6O. The van der Waals surface area contributed by atoms with Crippen molar-refractivity contribution in [3.8, 4) is 16.9 Å². The summed E-state index contributed by atoms with van der Waals surface area (Å²) >= 11 is 0. The van der Waals surface area contributed by atoms with Crippen LogP contribution >= 0.6 is 0 Å². The van der Waals surface area contributed by atoms with Crippen molar-refractivity contribution in [2.24, 2.45) is 5.73 Å². The van der Waals surface area contributed by atoms with Crippen LogP contribution in [0.3, 0.4) is 0 Å². The number of aryl methyl sites for hydroxylation is 1. The molecule has 1 saturated heterocycles. The Morgan fingerprint density at radius 2 is 1.78 bits per heavy atom. The molecule has 0 radical (unpaired) electrons. The van der Waals surface area contributed by atoms with Gasteiger partial charge in [0.2, 0.25) is 0 Å². The summed E-state index contributed by atoms with van der Waals surface area (Å²) in [5.41, 5.74) is 5.60. The number of nitrogens with one attached hydrogen (secondary N) is 1. The first kappa shape index (κ1) is 23.7. The lowest BCUT2D eigenvalue weighted by Crippen LogP contribution is -2.33. The topological polar surface area (TPSA) is 92.8 Å². The fourth-order valence-corrected chi connectivity index (χ4v) is 4.79. The fourth-order valence-electron chi connectivity index (χ4n) is 4.79. The number of alkyl halides is 3. The van der Waals surface area contributed by atoms with Gasteiger partial charge in [0.25, 0.3) is 5.91 Å². The van der Waals surface area contributed by atoms with Gasteiger partial charge in [-0.2, -0.15) is 13.2 Å². The van der Waals surface area contributed by atoms with Crippen molar-refractivity contribution in [3.63, 3.8) is 0 Å². The average molecular weight is 495 g/mol. The van der Waals surface area contributed by atoms with E-state index in [0.29, 0.717) is 17.3 Å². The molecule has 1 amide bonds. The van der Waals surface area contributed by atoms with E-state index in [4.69, 9.17) is 5.73 Å². The number of imidazole rings is 1. The predicted molar refractivity (Wildman–Crippen MR) is 130 cm³/mol. The lowest BCUT2D eigenvalue weighted by Gasteiger charge is -2.32. The maximum Gasteiger partial charge on any atom is 0.432 e. The summed E-state index contributed by atoms with van der Waals surface area (Å²) in [5.74, 6) is 0.868. The van der Waals surface area contributed by atoms with Crippen LogP contribution in [0.25, 0.3) is 16.9 Å². The minimum Gasteiger partial charge on any atom is -0.366 e. The molecule has 4 heterocycles. The Kier molecular flexibility index (Phi) is 6.03. The summed E-state index contributed by atoms with van der Waals surface area (Å²) in [6.45, 7) is 3.49. The van der Waals surface area contributed by atoms with Gasteiger partial charge in [-0.15, -0.1) is 0 Å². The van der Waals surface area contributed by atoms with E-state index in [9.17, 15) is 18.0 Å². The average Bonchev–Trinajstić information content (AvgIpc) is 3.49. The normalized spacial score (nSPS) is 14.8. The van der Waals surface area contributed by atoms with Gasteiger partial charge in [-0.1, -0.05) is 30.3 Å². The molecule has 3 aromatic heterocycles. The number of hydrogen-bond acceptors (Lipinski definition) is 4. The smallest absolute Gasteiger partial charge is 0.366 e. The van der Waals surface area contributed by atoms with Crippen molar-refractivity contribution in [2.45, 2.75) is 31.9 Å². The minimum atomic E-state index is -4.80. The van der Waals surface area contributed by atoms with Gasteiger partial charge in [0.05, 0.1) is 23.1 Å². The number of carbonyl (C=O) groups excluding carboxylic acids is 1. The molecule has 0 spiro atoms. The number of rotatable bonds is 5. The quantitative estimate of drug-likeness (QED) is 0.405. The minimum absolute atomic E-state index is 0.193. The van der Waals surface area contributed by atoms with Gasteiger partial charge in [0, 0.05) is 30.9 Å². The second-order valence-electron chi connectivity index (χ2n) is 8.94. The summed E-state index contributed by atoms with van der Waals surface area (Å²) in [4.78, 5) is 26.3. The third-order valence-electron chi connectivity index (χ3n) is 6.52. The molecule has 186 valence electrons. The van der Waals surface area contributed by atoms with Gasteiger partial charge >= 0.3 is 6.18 Å². The summed E-state index contributed by atoms with van der Waals surface area (Å²) in [6.07, 6.45) is 0.219. The van der Waals surface area contributed by atoms with Crippen molar-refractivity contribution in [1.82, 2.24) is 19.5 Å². The van der Waals surface area contributed by atoms with Crippen LogP contribution in [-0.2, 0) is 6.18 Å². The van der Waals surface area contributed by atoms with Gasteiger partial charge in [0.1, 0.15) is 17.3 Å². The maximum absolute atomic E-state index is 14.2. The molecule has 36 heavy (non-hydrogen) atoms. The van der Waals surface area contributed by atoms with E-state index in [2.05, 4.69) is 19.9 Å². The number of carbonyl (C=O) groups is 1. The van der Waals surface area contributed by atoms with Crippen LogP contribution in [0.15, 0.2) is 60.9 Å². The van der Waals surface area contributed by atoms with E-state index in [0.717, 1.165) is 42.0 Å². The molecule has 5 rings (SSSR count). The SMILES string of the molecule is Cc1cnc(C2CCN(c3ccc(-n4c(-c5ccccc5)cc(C(N)=O)c4C(F)(F)F)cn3)CC2)[nH]1. The third kappa shape index (κ3) is 4.46. The number of piperidine rings is 1. The lowest BCUT2D eigenvalue weighted by atomic mass is 9.96. The van der Waals surface area contributed by atoms with Crippen LogP contribution in [0, 0.1) is 6.92 Å². The lowest BCUT2D eigenvalue weighted by molar-refractivity contribution is -0.142. The third-order valence-corrected chi connectivity index (χ3v) is 6.52. The summed E-state index contributed by atoms with van der Waals surface area (Å²) in [5, 5.41) is 0. The molecule has 4 aromatic rings. The van der Waals surface area contributed by atoms with E-state index >= 15 is 0 Å². The number of halogens is 3. The van der Waals surface area contributed by atoms with Crippen LogP contribution in [0.2, 0.25) is 0 Å². The molecule has 0 saturated carbocycles. The van der Waals surface area contributed by atoms with Gasteiger partial charge in [-0.05, 0) is 43.5 Å². The van der Waals surface area contributed by atoms with E-state index in [1.54, 1.807) is 42.5 Å². The molecule has 1 fully saturated rings. The van der Waals surface area contributed by atoms with E-state index in [-0.39, 0.29) is 11.4 Å². The van der Waals surface area contributed by atoms with Crippen LogP contribution in [0.5, 0.6) is 0 Å². The van der Waals surface area contributed by atoms with Crippen LogP contribution in [0.4, 0.5) is 19.0 Å². The number of nitrogens with zero attached hydrogens (tertiary/aromatic N) is 4. The van der Waals surface area contributed by atoms with Gasteiger partial charge < -0.3 is 20.2 Å². The summed E-state index contributed by atoms with van der Waals surface area (Å²) in [7, 11) is 0. The highest BCUT2D eigenvalue weighted by atomic mass is 19.4. The number of amides is 1. The van der Waals surface area contributed by atoms with Crippen LogP contribution in [-0.4, -0.2) is 38.5 Å². The second kappa shape index (κ2) is 9.18. The van der Waals surface area contributed by atoms with Gasteiger partial charge in [-0.25, -0.2) is 9.97 Å². The molecule has 0 unspecified atom stereocenters. The molecule has 1 aliphatic heterocycles. The van der Waals surface area contributed by atoms with Crippen molar-refractivity contribution in [3.05, 3.63) is 83.7 Å². The zero-order valence-corrected chi connectivity index (χ0v) is 19.6. The number of primary amides is 1. The van der Waals surface area contributed by atoms with Crippen molar-refractivity contribution < 1.29 is 18.0 Å². The Morgan fingerprint density at radius 1 is 1.06 bits per heavy atom. The van der Waals surface area contributed by atoms with E-state index in [1.165, 1.54) is 12.3 Å². The predicted octanol–water partition coefficient (Wildman–Crippen LogP) is 5.07. The Labute approximate surface area is 205 Å². The highest BCUT2D eigenvalue weighted by Gasteiger charge is 2.41. The number of aromatic nitrogens is 4. The highest BCUT2D eigenvalue weighted by Crippen LogP contribution is 2.39. The molecule has 7 nitrogen and oxygen atoms in total. The monoisotopic (exact) mass is 494 g/mol. The zero-order chi connectivity index (χ0) is 25.4. The van der Waals surface area contributed by atoms with Crippen molar-refractivity contribution in [2.75, 3.05) is 18.0 Å². The molecule has 0 bridgehead atoms. The molecular weight excluding hydrogens is 469 g/mol. The Morgan fingerprint density at radius 3 is 2.33 bits per heavy atom. The van der Waals surface area contributed by atoms with Crippen molar-refractivity contribution in [1.29, 1.82) is 0 Å². The number of H-pyrrole nitrogens is 1. The summed E-state index contributed by atoms with van der Waals surface area (Å²) < 4.78 is 43.5. The molecule has 3 N–H and O–H groups in total. The number of aromatic amines is 1. The van der Waals surface area contributed by atoms with Crippen LogP contribution < -0.4 is 10.6 Å². The fraction of sp³-hybridized carbons (Fsp3) is 0.269. The Bertz CT molecular complexity index is 1370. The first-order valence-corrected chi connectivity index (χ1v) is 11.6. The van der Waals surface area contributed by atoms with E-state index < -0.39 is 23.3 Å². The number of hydrogen-bond donors (Lipinski definition) is 2. The zero-order valence-electron chi connectivity index (χ0n) is 19.6. The summed E-state index contributed by atoms with van der Waals surface area (Å²) in [6, 6.07) is 13.1. The Hall–Kier alpha value is -4.08. The first-order chi connectivity index (χ1) is 17.2. The van der Waals surface area contributed by atoms with Crippen molar-refractivity contribution >= 4 is 11.7 Å². The Balaban J connectivity index is 1.47.